The molecule has 1 aliphatic heterocycles. The molecule has 1 saturated heterocycles. The fourth-order valence-corrected chi connectivity index (χ4v) is 3.09. The van der Waals surface area contributed by atoms with Gasteiger partial charge in [0.05, 0.1) is 24.0 Å². The van der Waals surface area contributed by atoms with Crippen LogP contribution in [0.4, 0.5) is 0 Å². The smallest absolute Gasteiger partial charge is 0.257 e. The van der Waals surface area contributed by atoms with Crippen molar-refractivity contribution in [3.05, 3.63) is 47.3 Å². The number of aromatic nitrogens is 1. The normalized spacial score (nSPS) is 20.4. The van der Waals surface area contributed by atoms with Crippen LogP contribution in [-0.2, 0) is 6.42 Å². The molecule has 0 unspecified atom stereocenters. The predicted octanol–water partition coefficient (Wildman–Crippen LogP) is 2.06. The van der Waals surface area contributed by atoms with Crippen molar-refractivity contribution in [2.24, 2.45) is 5.92 Å². The molecule has 2 aromatic rings. The molecule has 1 aromatic carbocycles. The zero-order chi connectivity index (χ0) is 17.1. The second kappa shape index (κ2) is 7.05. The first kappa shape index (κ1) is 16.5. The number of amides is 1. The van der Waals surface area contributed by atoms with E-state index in [1.165, 1.54) is 0 Å². The Morgan fingerprint density at radius 3 is 2.92 bits per heavy atom. The molecule has 0 spiro atoms. The van der Waals surface area contributed by atoms with Crippen molar-refractivity contribution >= 4 is 5.91 Å². The number of benzene rings is 1. The number of hydrogen-bond acceptors (Lipinski definition) is 5. The summed E-state index contributed by atoms with van der Waals surface area (Å²) in [4.78, 5) is 14.5. The molecule has 1 fully saturated rings. The highest BCUT2D eigenvalue weighted by Crippen LogP contribution is 2.26. The van der Waals surface area contributed by atoms with E-state index in [9.17, 15) is 9.90 Å². The summed E-state index contributed by atoms with van der Waals surface area (Å²) in [5.74, 6) is 1.14. The topological polar surface area (TPSA) is 75.8 Å². The summed E-state index contributed by atoms with van der Waals surface area (Å²) in [5.41, 5.74) is 1.35. The number of hydrogen-bond donors (Lipinski definition) is 1. The van der Waals surface area contributed by atoms with Crippen LogP contribution in [0.5, 0.6) is 5.75 Å². The number of nitrogens with zero attached hydrogens (tertiary/aromatic N) is 2. The quantitative estimate of drug-likeness (QED) is 0.908. The zero-order valence-corrected chi connectivity index (χ0v) is 13.9. The lowest BCUT2D eigenvalue weighted by Gasteiger charge is -2.18. The first-order valence-corrected chi connectivity index (χ1v) is 8.19. The molecule has 128 valence electrons. The summed E-state index contributed by atoms with van der Waals surface area (Å²) in [5, 5.41) is 14.2. The minimum absolute atomic E-state index is 0.0550. The molecule has 0 aliphatic carbocycles. The molecule has 1 amide bonds. The van der Waals surface area contributed by atoms with Crippen LogP contribution in [0.2, 0.25) is 0 Å². The molecule has 1 N–H and O–H groups in total. The first-order chi connectivity index (χ1) is 11.6. The molecule has 1 aromatic heterocycles. The largest absolute Gasteiger partial charge is 0.493 e. The third-order valence-electron chi connectivity index (χ3n) is 4.25. The number of aliphatic hydroxyl groups is 1. The second-order valence-corrected chi connectivity index (χ2v) is 6.11. The fourth-order valence-electron chi connectivity index (χ4n) is 3.09. The van der Waals surface area contributed by atoms with E-state index >= 15 is 0 Å². The number of rotatable bonds is 5. The van der Waals surface area contributed by atoms with Gasteiger partial charge in [-0.1, -0.05) is 17.3 Å². The van der Waals surface area contributed by atoms with Gasteiger partial charge in [-0.15, -0.1) is 0 Å². The third-order valence-corrected chi connectivity index (χ3v) is 4.25. The van der Waals surface area contributed by atoms with Gasteiger partial charge in [0.15, 0.2) is 0 Å². The zero-order valence-electron chi connectivity index (χ0n) is 13.9. The van der Waals surface area contributed by atoms with Crippen LogP contribution < -0.4 is 4.74 Å². The van der Waals surface area contributed by atoms with E-state index in [0.29, 0.717) is 37.4 Å². The average Bonchev–Trinajstić information content (AvgIpc) is 3.14. The molecular weight excluding hydrogens is 308 g/mol. The minimum Gasteiger partial charge on any atom is -0.493 e. The van der Waals surface area contributed by atoms with Crippen molar-refractivity contribution in [2.45, 2.75) is 26.4 Å². The Labute approximate surface area is 141 Å². The lowest BCUT2D eigenvalue weighted by molar-refractivity contribution is 0.0760. The number of likely N-dealkylation sites (tertiary alicyclic amines) is 1. The maximum atomic E-state index is 12.8. The number of carbonyl (C=O) groups is 1. The Balaban J connectivity index is 1.71. The summed E-state index contributed by atoms with van der Waals surface area (Å²) in [7, 11) is 0. The molecule has 1 aliphatic rings. The Hall–Kier alpha value is -2.34. The minimum atomic E-state index is -0.571. The summed E-state index contributed by atoms with van der Waals surface area (Å²) in [6.07, 6.45) is -0.00238. The SMILES string of the molecule is CCOc1ccccc1C(=O)N1C[C@@H](Cc2cc(C)no2)[C@@H](O)C1. The van der Waals surface area contributed by atoms with E-state index in [0.717, 1.165) is 11.5 Å². The first-order valence-electron chi connectivity index (χ1n) is 8.19. The molecule has 24 heavy (non-hydrogen) atoms. The van der Waals surface area contributed by atoms with Crippen molar-refractivity contribution in [1.29, 1.82) is 0 Å². The molecule has 0 radical (unpaired) electrons. The number of aliphatic hydroxyl groups excluding tert-OH is 1. The molecule has 6 nitrogen and oxygen atoms in total. The van der Waals surface area contributed by atoms with Crippen molar-refractivity contribution in [2.75, 3.05) is 19.7 Å². The van der Waals surface area contributed by atoms with E-state index in [4.69, 9.17) is 9.26 Å². The number of ether oxygens (including phenoxy) is 1. The van der Waals surface area contributed by atoms with Crippen LogP contribution in [0.25, 0.3) is 0 Å². The molecule has 0 saturated carbocycles. The molecule has 2 heterocycles. The lowest BCUT2D eigenvalue weighted by atomic mass is 10.0. The fraction of sp³-hybridized carbons (Fsp3) is 0.444. The molecule has 6 heteroatoms. The number of β-amino-alcohol motifs (C(OH)–C–C–N with tert-alkyl or cyclic N) is 1. The van der Waals surface area contributed by atoms with E-state index in [1.807, 2.05) is 32.0 Å². The second-order valence-electron chi connectivity index (χ2n) is 6.11. The Morgan fingerprint density at radius 1 is 1.42 bits per heavy atom. The molecule has 3 rings (SSSR count). The Kier molecular flexibility index (Phi) is 4.85. The van der Waals surface area contributed by atoms with Crippen LogP contribution in [0.15, 0.2) is 34.9 Å². The maximum Gasteiger partial charge on any atom is 0.257 e. The van der Waals surface area contributed by atoms with Gasteiger partial charge in [0.2, 0.25) is 0 Å². The number of carbonyl (C=O) groups excluding carboxylic acids is 1. The number of para-hydroxylation sites is 1. The summed E-state index contributed by atoms with van der Waals surface area (Å²) in [6.45, 7) is 5.05. The van der Waals surface area contributed by atoms with Crippen LogP contribution in [-0.4, -0.2) is 46.9 Å². The van der Waals surface area contributed by atoms with Crippen LogP contribution in [0.1, 0.15) is 28.7 Å². The highest BCUT2D eigenvalue weighted by Gasteiger charge is 2.35. The summed E-state index contributed by atoms with van der Waals surface area (Å²) in [6, 6.07) is 9.07. The van der Waals surface area contributed by atoms with E-state index in [1.54, 1.807) is 17.0 Å². The average molecular weight is 330 g/mol. The lowest BCUT2D eigenvalue weighted by Crippen LogP contribution is -2.30. The third kappa shape index (κ3) is 3.43. The van der Waals surface area contributed by atoms with E-state index in [-0.39, 0.29) is 11.8 Å². The Morgan fingerprint density at radius 2 is 2.21 bits per heavy atom. The maximum absolute atomic E-state index is 12.8. The molecule has 0 bridgehead atoms. The van der Waals surface area contributed by atoms with Crippen LogP contribution in [0, 0.1) is 12.8 Å². The van der Waals surface area contributed by atoms with Crippen molar-refractivity contribution in [3.8, 4) is 5.75 Å². The van der Waals surface area contributed by atoms with Gasteiger partial charge < -0.3 is 19.3 Å². The highest BCUT2D eigenvalue weighted by atomic mass is 16.5. The molecule has 2 atom stereocenters. The van der Waals surface area contributed by atoms with Gasteiger partial charge in [-0.25, -0.2) is 0 Å². The van der Waals surface area contributed by atoms with Gasteiger partial charge in [-0.05, 0) is 26.0 Å². The standard InChI is InChI=1S/C18H22N2O4/c1-3-23-17-7-5-4-6-15(17)18(22)20-10-13(16(21)11-20)9-14-8-12(2)19-24-14/h4-8,13,16,21H,3,9-11H2,1-2H3/t13-,16+/m1/s1. The number of aryl methyl sites for hydroxylation is 1. The van der Waals surface area contributed by atoms with Gasteiger partial charge in [0, 0.05) is 31.5 Å². The summed E-state index contributed by atoms with van der Waals surface area (Å²) < 4.78 is 10.8. The van der Waals surface area contributed by atoms with Crippen LogP contribution >= 0.6 is 0 Å². The van der Waals surface area contributed by atoms with E-state index < -0.39 is 6.10 Å². The van der Waals surface area contributed by atoms with Crippen molar-refractivity contribution < 1.29 is 19.2 Å². The van der Waals surface area contributed by atoms with Crippen molar-refractivity contribution in [3.63, 3.8) is 0 Å². The monoisotopic (exact) mass is 330 g/mol. The van der Waals surface area contributed by atoms with Gasteiger partial charge in [0.1, 0.15) is 11.5 Å². The van der Waals surface area contributed by atoms with E-state index in [2.05, 4.69) is 5.16 Å². The predicted molar refractivity (Wildman–Crippen MR) is 88.0 cm³/mol. The van der Waals surface area contributed by atoms with Crippen molar-refractivity contribution in [1.82, 2.24) is 10.1 Å². The van der Waals surface area contributed by atoms with Gasteiger partial charge >= 0.3 is 0 Å². The van der Waals surface area contributed by atoms with Gasteiger partial charge in [-0.3, -0.25) is 4.79 Å². The Bertz CT molecular complexity index is 713. The summed E-state index contributed by atoms with van der Waals surface area (Å²) >= 11 is 0. The van der Waals surface area contributed by atoms with Crippen LogP contribution in [0.3, 0.4) is 0 Å². The van der Waals surface area contributed by atoms with Gasteiger partial charge in [0.25, 0.3) is 5.91 Å². The highest BCUT2D eigenvalue weighted by molar-refractivity contribution is 5.97. The molecular formula is C18H22N2O4. The van der Waals surface area contributed by atoms with Gasteiger partial charge in [-0.2, -0.15) is 0 Å².